The molecule has 0 fully saturated rings. The molecule has 0 radical (unpaired) electrons. The van der Waals surface area contributed by atoms with Crippen molar-refractivity contribution in [3.63, 3.8) is 0 Å². The maximum absolute atomic E-state index is 10.1. The molecule has 1 rings (SSSR count). The Kier molecular flexibility index (Phi) is 19.7. The molecule has 1 aromatic carbocycles. The summed E-state index contributed by atoms with van der Waals surface area (Å²) in [7, 11) is 0. The predicted octanol–water partition coefficient (Wildman–Crippen LogP) is 3.57. The highest BCUT2D eigenvalue weighted by Crippen LogP contribution is 2.01. The monoisotopic (exact) mass is 287 g/mol. The largest absolute Gasteiger partial charge is 0.481 e. The summed E-state index contributed by atoms with van der Waals surface area (Å²) in [6.07, 6.45) is 2.96. The van der Waals surface area contributed by atoms with Gasteiger partial charge in [0.05, 0.1) is 6.42 Å². The number of carboxylic acids is 1. The third-order valence-corrected chi connectivity index (χ3v) is 2.20. The Bertz CT molecular complexity index is 326. The molecule has 0 amide bonds. The molecule has 0 heterocycles. The van der Waals surface area contributed by atoms with Crippen molar-refractivity contribution >= 4 is 29.7 Å². The van der Waals surface area contributed by atoms with Gasteiger partial charge in [0.25, 0.3) is 0 Å². The second kappa shape index (κ2) is 16.5. The highest BCUT2D eigenvalue weighted by atomic mass is 32.2. The van der Waals surface area contributed by atoms with Crippen LogP contribution in [0.2, 0.25) is 0 Å². The molecule has 0 aliphatic rings. The number of aliphatic carboxylic acids is 1. The van der Waals surface area contributed by atoms with E-state index in [4.69, 9.17) is 10.8 Å². The number of hydrogen-bond acceptors (Lipinski definition) is 4. The molecule has 19 heavy (non-hydrogen) atoms. The molecule has 110 valence electrons. The van der Waals surface area contributed by atoms with Gasteiger partial charge in [-0.15, -0.1) is 0 Å². The normalized spacial score (nSPS) is 7.74. The number of carboxylic acid groups (broad SMARTS) is 1. The highest BCUT2D eigenvalue weighted by molar-refractivity contribution is 7.98. The van der Waals surface area contributed by atoms with Crippen molar-refractivity contribution in [1.82, 2.24) is 0 Å². The molecule has 0 atom stereocenters. The quantitative estimate of drug-likeness (QED) is 0.653. The SMILES string of the molecule is C.CC.CSCCC(=O)O.Nc1ccc(C=O)cc1. The maximum Gasteiger partial charge on any atom is 0.304 e. The van der Waals surface area contributed by atoms with E-state index in [1.54, 1.807) is 36.0 Å². The second-order valence-corrected chi connectivity index (χ2v) is 3.91. The van der Waals surface area contributed by atoms with Crippen LogP contribution in [0.15, 0.2) is 24.3 Å². The van der Waals surface area contributed by atoms with Crippen LogP contribution < -0.4 is 5.73 Å². The summed E-state index contributed by atoms with van der Waals surface area (Å²) in [6, 6.07) is 6.76. The zero-order chi connectivity index (χ0) is 14.4. The van der Waals surface area contributed by atoms with E-state index in [2.05, 4.69) is 0 Å². The number of carbonyl (C=O) groups excluding carboxylic acids is 1. The molecule has 0 unspecified atom stereocenters. The van der Waals surface area contributed by atoms with Gasteiger partial charge in [0.15, 0.2) is 0 Å². The van der Waals surface area contributed by atoms with E-state index in [0.717, 1.165) is 12.0 Å². The standard InChI is InChI=1S/C7H7NO.C4H8O2S.C2H6.CH4/c8-7-3-1-6(5-9)2-4-7;1-7-3-2-4(5)6;1-2;/h1-5H,8H2;2-3H2,1H3,(H,5,6);1-2H3;1H4. The summed E-state index contributed by atoms with van der Waals surface area (Å²) in [5.74, 6) is 0.00403. The molecule has 0 saturated carbocycles. The second-order valence-electron chi connectivity index (χ2n) is 2.92. The summed E-state index contributed by atoms with van der Waals surface area (Å²) in [5, 5.41) is 8.03. The Morgan fingerprint density at radius 3 is 2.05 bits per heavy atom. The van der Waals surface area contributed by atoms with Gasteiger partial charge in [-0.1, -0.05) is 21.3 Å². The van der Waals surface area contributed by atoms with Gasteiger partial charge in [0, 0.05) is 17.0 Å². The Labute approximate surface area is 120 Å². The Morgan fingerprint density at radius 1 is 1.32 bits per heavy atom. The van der Waals surface area contributed by atoms with E-state index in [1.807, 2.05) is 20.1 Å². The number of aldehydes is 1. The van der Waals surface area contributed by atoms with Crippen LogP contribution in [-0.2, 0) is 4.79 Å². The van der Waals surface area contributed by atoms with Crippen LogP contribution in [-0.4, -0.2) is 29.4 Å². The Morgan fingerprint density at radius 2 is 1.79 bits per heavy atom. The van der Waals surface area contributed by atoms with Crippen LogP contribution in [0.3, 0.4) is 0 Å². The van der Waals surface area contributed by atoms with E-state index in [-0.39, 0.29) is 13.8 Å². The number of carbonyl (C=O) groups is 2. The molecule has 0 bridgehead atoms. The van der Waals surface area contributed by atoms with Gasteiger partial charge in [0.2, 0.25) is 0 Å². The van der Waals surface area contributed by atoms with Crippen LogP contribution in [0.5, 0.6) is 0 Å². The Balaban J connectivity index is -0.000000233. The average Bonchev–Trinajstić information content (AvgIpc) is 2.40. The molecule has 1 aromatic rings. The average molecular weight is 287 g/mol. The molecule has 4 nitrogen and oxygen atoms in total. The minimum Gasteiger partial charge on any atom is -0.481 e. The molecule has 0 saturated heterocycles. The first-order valence-corrected chi connectivity index (χ1v) is 7.01. The topological polar surface area (TPSA) is 80.4 Å². The zero-order valence-corrected chi connectivity index (χ0v) is 11.9. The van der Waals surface area contributed by atoms with Crippen LogP contribution in [0, 0.1) is 0 Å². The lowest BCUT2D eigenvalue weighted by atomic mass is 10.2. The minimum absolute atomic E-state index is 0. The third kappa shape index (κ3) is 16.5. The van der Waals surface area contributed by atoms with Gasteiger partial charge < -0.3 is 10.8 Å². The number of nitrogens with two attached hydrogens (primary N) is 1. The third-order valence-electron chi connectivity index (χ3n) is 1.59. The van der Waals surface area contributed by atoms with Gasteiger partial charge in [-0.2, -0.15) is 11.8 Å². The minimum atomic E-state index is -0.714. The molecule has 0 aromatic heterocycles. The van der Waals surface area contributed by atoms with Gasteiger partial charge in [-0.05, 0) is 30.5 Å². The molecule has 3 N–H and O–H groups in total. The lowest BCUT2D eigenvalue weighted by Crippen LogP contribution is -1.94. The molecule has 5 heteroatoms. The van der Waals surface area contributed by atoms with E-state index >= 15 is 0 Å². The van der Waals surface area contributed by atoms with Crippen LogP contribution in [0.1, 0.15) is 38.1 Å². The van der Waals surface area contributed by atoms with Crippen molar-refractivity contribution in [2.75, 3.05) is 17.7 Å². The lowest BCUT2D eigenvalue weighted by Gasteiger charge is -1.89. The van der Waals surface area contributed by atoms with Crippen molar-refractivity contribution in [2.24, 2.45) is 0 Å². The predicted molar refractivity (Wildman–Crippen MR) is 85.0 cm³/mol. The van der Waals surface area contributed by atoms with Crippen molar-refractivity contribution in [3.8, 4) is 0 Å². The van der Waals surface area contributed by atoms with Gasteiger partial charge in [-0.25, -0.2) is 0 Å². The van der Waals surface area contributed by atoms with E-state index < -0.39 is 5.97 Å². The van der Waals surface area contributed by atoms with Gasteiger partial charge in [0.1, 0.15) is 6.29 Å². The molecular formula is C14H25NO3S. The number of hydrogen-bond donors (Lipinski definition) is 2. The number of rotatable bonds is 4. The molecular weight excluding hydrogens is 262 g/mol. The zero-order valence-electron chi connectivity index (χ0n) is 11.1. The fourth-order valence-corrected chi connectivity index (χ4v) is 1.14. The number of anilines is 1. The number of nitrogen functional groups attached to an aromatic ring is 1. The fourth-order valence-electron chi connectivity index (χ4n) is 0.764. The summed E-state index contributed by atoms with van der Waals surface area (Å²) in [4.78, 5) is 19.8. The summed E-state index contributed by atoms with van der Waals surface area (Å²) in [5.41, 5.74) is 6.70. The van der Waals surface area contributed by atoms with Gasteiger partial charge >= 0.3 is 5.97 Å². The molecule has 0 aliphatic heterocycles. The first kappa shape index (κ1) is 22.7. The first-order valence-electron chi connectivity index (χ1n) is 5.61. The van der Waals surface area contributed by atoms with Crippen molar-refractivity contribution in [1.29, 1.82) is 0 Å². The van der Waals surface area contributed by atoms with Crippen LogP contribution in [0.25, 0.3) is 0 Å². The first-order chi connectivity index (χ1) is 8.60. The Hall–Kier alpha value is -1.49. The number of thioether (sulfide) groups is 1. The van der Waals surface area contributed by atoms with Crippen molar-refractivity contribution < 1.29 is 14.7 Å². The van der Waals surface area contributed by atoms with E-state index in [1.165, 1.54) is 0 Å². The maximum atomic E-state index is 10.1. The smallest absolute Gasteiger partial charge is 0.304 e. The van der Waals surface area contributed by atoms with Crippen LogP contribution in [0.4, 0.5) is 5.69 Å². The summed E-state index contributed by atoms with van der Waals surface area (Å²) >= 11 is 1.55. The highest BCUT2D eigenvalue weighted by Gasteiger charge is 1.91. The van der Waals surface area contributed by atoms with Crippen molar-refractivity contribution in [3.05, 3.63) is 29.8 Å². The fraction of sp³-hybridized carbons (Fsp3) is 0.429. The summed E-state index contributed by atoms with van der Waals surface area (Å²) < 4.78 is 0. The van der Waals surface area contributed by atoms with Gasteiger partial charge in [-0.3, -0.25) is 9.59 Å². The van der Waals surface area contributed by atoms with Crippen LogP contribution >= 0.6 is 11.8 Å². The van der Waals surface area contributed by atoms with E-state index in [9.17, 15) is 9.59 Å². The van der Waals surface area contributed by atoms with E-state index in [0.29, 0.717) is 11.3 Å². The van der Waals surface area contributed by atoms with Crippen molar-refractivity contribution in [2.45, 2.75) is 27.7 Å². The molecule has 0 aliphatic carbocycles. The number of benzene rings is 1. The molecule has 0 spiro atoms. The summed E-state index contributed by atoms with van der Waals surface area (Å²) in [6.45, 7) is 4.00. The lowest BCUT2D eigenvalue weighted by molar-refractivity contribution is -0.136.